The Morgan fingerprint density at radius 1 is 1.04 bits per heavy atom. The smallest absolute Gasteiger partial charge is 0.173 e. The van der Waals surface area contributed by atoms with Gasteiger partial charge in [-0.05, 0) is 48.5 Å². The SMILES string of the molecule is Fc1ccc(-c2cnc(SCCN3CCOCC3)n2-c2ccc(Cl)cc2)cc1. The second-order valence-electron chi connectivity index (χ2n) is 6.55. The quantitative estimate of drug-likeness (QED) is 0.541. The number of thioether (sulfide) groups is 1. The normalized spacial score (nSPS) is 15.1. The molecule has 1 fully saturated rings. The van der Waals surface area contributed by atoms with Crippen LogP contribution in [0.25, 0.3) is 16.9 Å². The molecular formula is C21H21ClFN3OS. The minimum atomic E-state index is -0.249. The first-order valence-electron chi connectivity index (χ1n) is 9.23. The molecule has 146 valence electrons. The molecule has 0 bridgehead atoms. The maximum absolute atomic E-state index is 13.4. The Hall–Kier alpha value is -1.86. The molecule has 0 aliphatic carbocycles. The highest BCUT2D eigenvalue weighted by atomic mass is 35.5. The van der Waals surface area contributed by atoms with Crippen molar-refractivity contribution in [3.05, 3.63) is 65.6 Å². The van der Waals surface area contributed by atoms with Crippen LogP contribution in [0.5, 0.6) is 0 Å². The van der Waals surface area contributed by atoms with E-state index in [9.17, 15) is 4.39 Å². The van der Waals surface area contributed by atoms with Gasteiger partial charge in [-0.3, -0.25) is 9.47 Å². The molecule has 3 aromatic rings. The van der Waals surface area contributed by atoms with E-state index < -0.39 is 0 Å². The maximum Gasteiger partial charge on any atom is 0.173 e. The summed E-state index contributed by atoms with van der Waals surface area (Å²) in [6.07, 6.45) is 1.85. The Kier molecular flexibility index (Phi) is 6.32. The lowest BCUT2D eigenvalue weighted by Gasteiger charge is -2.26. The van der Waals surface area contributed by atoms with Crippen molar-refractivity contribution < 1.29 is 9.13 Å². The summed E-state index contributed by atoms with van der Waals surface area (Å²) < 4.78 is 20.9. The fourth-order valence-electron chi connectivity index (χ4n) is 3.19. The van der Waals surface area contributed by atoms with E-state index in [-0.39, 0.29) is 5.82 Å². The third kappa shape index (κ3) is 4.58. The van der Waals surface area contributed by atoms with Crippen LogP contribution in [0.4, 0.5) is 4.39 Å². The summed E-state index contributed by atoms with van der Waals surface area (Å²) in [6.45, 7) is 4.56. The van der Waals surface area contributed by atoms with Crippen LogP contribution in [0.3, 0.4) is 0 Å². The lowest BCUT2D eigenvalue weighted by atomic mass is 10.1. The topological polar surface area (TPSA) is 30.3 Å². The van der Waals surface area contributed by atoms with E-state index in [1.54, 1.807) is 23.9 Å². The molecule has 7 heteroatoms. The highest BCUT2D eigenvalue weighted by Crippen LogP contribution is 2.30. The van der Waals surface area contributed by atoms with E-state index in [2.05, 4.69) is 14.5 Å². The Morgan fingerprint density at radius 3 is 2.46 bits per heavy atom. The van der Waals surface area contributed by atoms with Gasteiger partial charge in [0.05, 0.1) is 25.1 Å². The number of ether oxygens (including phenoxy) is 1. The molecule has 0 radical (unpaired) electrons. The van der Waals surface area contributed by atoms with E-state index in [0.29, 0.717) is 5.02 Å². The molecule has 2 heterocycles. The average molecular weight is 418 g/mol. The van der Waals surface area contributed by atoms with Gasteiger partial charge in [-0.15, -0.1) is 0 Å². The predicted octanol–water partition coefficient (Wildman–Crippen LogP) is 4.76. The molecule has 0 unspecified atom stereocenters. The van der Waals surface area contributed by atoms with Crippen molar-refractivity contribution >= 4 is 23.4 Å². The summed E-state index contributed by atoms with van der Waals surface area (Å²) >= 11 is 7.79. The second-order valence-corrected chi connectivity index (χ2v) is 8.05. The van der Waals surface area contributed by atoms with E-state index >= 15 is 0 Å². The minimum absolute atomic E-state index is 0.249. The third-order valence-corrected chi connectivity index (χ3v) is 5.88. The molecule has 4 rings (SSSR count). The van der Waals surface area contributed by atoms with Gasteiger partial charge in [0, 0.05) is 41.7 Å². The number of benzene rings is 2. The molecule has 2 aromatic carbocycles. The minimum Gasteiger partial charge on any atom is -0.379 e. The lowest BCUT2D eigenvalue weighted by Crippen LogP contribution is -2.37. The van der Waals surface area contributed by atoms with Crippen molar-refractivity contribution in [3.8, 4) is 16.9 Å². The van der Waals surface area contributed by atoms with Crippen LogP contribution in [0.2, 0.25) is 5.02 Å². The molecule has 4 nitrogen and oxygen atoms in total. The summed E-state index contributed by atoms with van der Waals surface area (Å²) in [5.74, 6) is 0.689. The number of hydrogen-bond acceptors (Lipinski definition) is 4. The van der Waals surface area contributed by atoms with E-state index in [4.69, 9.17) is 16.3 Å². The zero-order valence-corrected chi connectivity index (χ0v) is 16.9. The molecule has 28 heavy (non-hydrogen) atoms. The third-order valence-electron chi connectivity index (χ3n) is 4.70. The van der Waals surface area contributed by atoms with E-state index in [0.717, 1.165) is 60.7 Å². The van der Waals surface area contributed by atoms with Crippen molar-refractivity contribution in [3.63, 3.8) is 0 Å². The summed E-state index contributed by atoms with van der Waals surface area (Å²) in [4.78, 5) is 7.06. The van der Waals surface area contributed by atoms with Gasteiger partial charge in [-0.25, -0.2) is 9.37 Å². The van der Waals surface area contributed by atoms with Crippen LogP contribution in [0.15, 0.2) is 59.9 Å². The predicted molar refractivity (Wildman–Crippen MR) is 112 cm³/mol. The molecular weight excluding hydrogens is 397 g/mol. The molecule has 0 N–H and O–H groups in total. The number of nitrogens with zero attached hydrogens (tertiary/aromatic N) is 3. The number of hydrogen-bond donors (Lipinski definition) is 0. The summed E-state index contributed by atoms with van der Waals surface area (Å²) in [7, 11) is 0. The van der Waals surface area contributed by atoms with Crippen molar-refractivity contribution in [1.82, 2.24) is 14.5 Å². The summed E-state index contributed by atoms with van der Waals surface area (Å²) in [6, 6.07) is 14.2. The highest BCUT2D eigenvalue weighted by Gasteiger charge is 2.16. The fourth-order valence-corrected chi connectivity index (χ4v) is 4.31. The van der Waals surface area contributed by atoms with Gasteiger partial charge in [0.25, 0.3) is 0 Å². The molecule has 0 amide bonds. The first-order valence-corrected chi connectivity index (χ1v) is 10.6. The average Bonchev–Trinajstić information content (AvgIpc) is 3.14. The van der Waals surface area contributed by atoms with Crippen LogP contribution in [0.1, 0.15) is 0 Å². The maximum atomic E-state index is 13.4. The zero-order chi connectivity index (χ0) is 19.3. The van der Waals surface area contributed by atoms with Crippen LogP contribution in [0, 0.1) is 5.82 Å². The van der Waals surface area contributed by atoms with Crippen LogP contribution in [-0.4, -0.2) is 53.1 Å². The highest BCUT2D eigenvalue weighted by molar-refractivity contribution is 7.99. The Labute approximate surface area is 173 Å². The van der Waals surface area contributed by atoms with Crippen molar-refractivity contribution in [2.24, 2.45) is 0 Å². The van der Waals surface area contributed by atoms with Gasteiger partial charge in [0.1, 0.15) is 5.82 Å². The standard InChI is InChI=1S/C21H21ClFN3OS/c22-17-3-7-19(8-4-17)26-20(16-1-5-18(23)6-2-16)15-24-21(26)28-14-11-25-9-12-27-13-10-25/h1-8,15H,9-14H2. The first kappa shape index (κ1) is 19.5. The molecule has 0 spiro atoms. The number of imidazole rings is 1. The number of morpholine rings is 1. The van der Waals surface area contributed by atoms with Gasteiger partial charge in [-0.1, -0.05) is 23.4 Å². The van der Waals surface area contributed by atoms with Crippen LogP contribution < -0.4 is 0 Å². The van der Waals surface area contributed by atoms with Gasteiger partial charge in [0.2, 0.25) is 0 Å². The number of rotatable bonds is 6. The molecule has 0 saturated carbocycles. The van der Waals surface area contributed by atoms with E-state index in [1.165, 1.54) is 12.1 Å². The molecule has 1 aliphatic rings. The lowest BCUT2D eigenvalue weighted by molar-refractivity contribution is 0.0410. The number of halogens is 2. The van der Waals surface area contributed by atoms with Crippen LogP contribution in [-0.2, 0) is 4.74 Å². The van der Waals surface area contributed by atoms with Gasteiger partial charge in [0.15, 0.2) is 5.16 Å². The Balaban J connectivity index is 1.60. The van der Waals surface area contributed by atoms with Gasteiger partial charge < -0.3 is 4.74 Å². The first-order chi connectivity index (χ1) is 13.7. The fraction of sp³-hybridized carbons (Fsp3) is 0.286. The summed E-state index contributed by atoms with van der Waals surface area (Å²) in [5.41, 5.74) is 2.83. The second kappa shape index (κ2) is 9.09. The van der Waals surface area contributed by atoms with E-state index in [1.807, 2.05) is 30.5 Å². The molecule has 1 aromatic heterocycles. The largest absolute Gasteiger partial charge is 0.379 e. The Morgan fingerprint density at radius 2 is 1.75 bits per heavy atom. The van der Waals surface area contributed by atoms with Gasteiger partial charge in [-0.2, -0.15) is 0 Å². The molecule has 1 aliphatic heterocycles. The Bertz CT molecular complexity index is 908. The van der Waals surface area contributed by atoms with Crippen LogP contribution >= 0.6 is 23.4 Å². The summed E-state index contributed by atoms with van der Waals surface area (Å²) in [5, 5.41) is 1.60. The van der Waals surface area contributed by atoms with Crippen molar-refractivity contribution in [2.75, 3.05) is 38.6 Å². The number of aromatic nitrogens is 2. The molecule has 1 saturated heterocycles. The van der Waals surface area contributed by atoms with Crippen molar-refractivity contribution in [2.45, 2.75) is 5.16 Å². The monoisotopic (exact) mass is 417 g/mol. The van der Waals surface area contributed by atoms with Gasteiger partial charge >= 0.3 is 0 Å². The molecule has 0 atom stereocenters. The van der Waals surface area contributed by atoms with Crippen molar-refractivity contribution in [1.29, 1.82) is 0 Å². The zero-order valence-electron chi connectivity index (χ0n) is 15.4.